The Hall–Kier alpha value is -3.07. The monoisotopic (exact) mass is 300 g/mol. The first kappa shape index (κ1) is 13.6. The van der Waals surface area contributed by atoms with Crippen molar-refractivity contribution in [2.45, 2.75) is 5.92 Å². The fraction of sp³-hybridized carbons (Fsp3) is 0.0500. The lowest BCUT2D eigenvalue weighted by Crippen LogP contribution is -2.24. The van der Waals surface area contributed by atoms with Crippen molar-refractivity contribution in [2.75, 3.05) is 0 Å². The van der Waals surface area contributed by atoms with Gasteiger partial charge in [0.05, 0.1) is 0 Å². The zero-order valence-electron chi connectivity index (χ0n) is 12.2. The van der Waals surface area contributed by atoms with E-state index in [4.69, 9.17) is 0 Å². The molecule has 0 atom stereocenters. The van der Waals surface area contributed by atoms with E-state index in [0.29, 0.717) is 16.7 Å². The summed E-state index contributed by atoms with van der Waals surface area (Å²) in [6.07, 6.45) is 3.97. The maximum absolute atomic E-state index is 12.7. The van der Waals surface area contributed by atoms with Gasteiger partial charge in [-0.05, 0) is 29.4 Å². The molecule has 0 saturated carbocycles. The molecule has 0 aromatic heterocycles. The fourth-order valence-electron chi connectivity index (χ4n) is 3.31. The molecule has 3 nitrogen and oxygen atoms in total. The van der Waals surface area contributed by atoms with E-state index in [1.54, 1.807) is 12.1 Å². The Morgan fingerprint density at radius 2 is 1.26 bits per heavy atom. The van der Waals surface area contributed by atoms with Crippen LogP contribution < -0.4 is 0 Å². The summed E-state index contributed by atoms with van der Waals surface area (Å²) in [4.78, 5) is 36.8. The molecule has 0 amide bonds. The summed E-state index contributed by atoms with van der Waals surface area (Å²) in [6.45, 7) is 0. The van der Waals surface area contributed by atoms with Gasteiger partial charge in [-0.2, -0.15) is 0 Å². The van der Waals surface area contributed by atoms with E-state index in [9.17, 15) is 14.4 Å². The van der Waals surface area contributed by atoms with Gasteiger partial charge >= 0.3 is 0 Å². The van der Waals surface area contributed by atoms with Crippen LogP contribution in [0.3, 0.4) is 0 Å². The first-order valence-corrected chi connectivity index (χ1v) is 7.37. The highest BCUT2D eigenvalue weighted by molar-refractivity contribution is 6.20. The van der Waals surface area contributed by atoms with Crippen molar-refractivity contribution in [2.24, 2.45) is 0 Å². The number of ketones is 3. The quantitative estimate of drug-likeness (QED) is 0.761. The first-order valence-electron chi connectivity index (χ1n) is 7.37. The molecule has 0 aliphatic heterocycles. The lowest BCUT2D eigenvalue weighted by molar-refractivity contribution is -0.114. The van der Waals surface area contributed by atoms with Crippen LogP contribution in [0.2, 0.25) is 0 Å². The van der Waals surface area contributed by atoms with Gasteiger partial charge in [0.15, 0.2) is 17.3 Å². The third-order valence-electron chi connectivity index (χ3n) is 4.33. The highest BCUT2D eigenvalue weighted by atomic mass is 16.1. The number of carbonyl (C=O) groups excluding carboxylic acids is 3. The van der Waals surface area contributed by atoms with Crippen LogP contribution in [-0.2, 0) is 9.59 Å². The van der Waals surface area contributed by atoms with Crippen LogP contribution in [0.5, 0.6) is 0 Å². The summed E-state index contributed by atoms with van der Waals surface area (Å²) < 4.78 is 0. The summed E-state index contributed by atoms with van der Waals surface area (Å²) >= 11 is 0. The van der Waals surface area contributed by atoms with Crippen molar-refractivity contribution >= 4 is 17.3 Å². The third-order valence-corrected chi connectivity index (χ3v) is 4.33. The molecule has 0 fully saturated rings. The molecule has 2 aromatic rings. The lowest BCUT2D eigenvalue weighted by Gasteiger charge is -2.29. The largest absolute Gasteiger partial charge is 0.290 e. The standard InChI is InChI=1S/C20H12O3/c21-12-9-10-18(22)17(11-12)19-13-5-1-3-7-15(13)20(23)16-8-4-2-6-14(16)19/h1-11,19H. The van der Waals surface area contributed by atoms with Gasteiger partial charge in [0.1, 0.15) is 0 Å². The Labute approximate surface area is 133 Å². The molecule has 0 bridgehead atoms. The van der Waals surface area contributed by atoms with Gasteiger partial charge in [0.25, 0.3) is 0 Å². The van der Waals surface area contributed by atoms with Gasteiger partial charge in [-0.3, -0.25) is 14.4 Å². The molecule has 3 heteroatoms. The summed E-state index contributed by atoms with van der Waals surface area (Å²) in [7, 11) is 0. The highest BCUT2D eigenvalue weighted by Crippen LogP contribution is 2.41. The minimum atomic E-state index is -0.388. The Morgan fingerprint density at radius 1 is 0.696 bits per heavy atom. The summed E-state index contributed by atoms with van der Waals surface area (Å²) in [5.74, 6) is -0.820. The van der Waals surface area contributed by atoms with Gasteiger partial charge in [0, 0.05) is 22.6 Å². The summed E-state index contributed by atoms with van der Waals surface area (Å²) in [6, 6.07) is 14.6. The Balaban J connectivity index is 2.01. The predicted octanol–water partition coefficient (Wildman–Crippen LogP) is 3.00. The molecule has 110 valence electrons. The maximum atomic E-state index is 12.7. The number of benzene rings is 2. The number of hydrogen-bond donors (Lipinski definition) is 0. The second-order valence-electron chi connectivity index (χ2n) is 5.64. The van der Waals surface area contributed by atoms with E-state index < -0.39 is 0 Å². The van der Waals surface area contributed by atoms with Gasteiger partial charge in [0.2, 0.25) is 0 Å². The van der Waals surface area contributed by atoms with Crippen molar-refractivity contribution < 1.29 is 14.4 Å². The fourth-order valence-corrected chi connectivity index (χ4v) is 3.31. The van der Waals surface area contributed by atoms with E-state index in [1.807, 2.05) is 36.4 Å². The van der Waals surface area contributed by atoms with Gasteiger partial charge in [-0.25, -0.2) is 0 Å². The van der Waals surface area contributed by atoms with Crippen LogP contribution in [-0.4, -0.2) is 17.3 Å². The molecule has 0 saturated heterocycles. The molecule has 0 unspecified atom stereocenters. The smallest absolute Gasteiger partial charge is 0.193 e. The van der Waals surface area contributed by atoms with Crippen molar-refractivity contribution in [1.29, 1.82) is 0 Å². The Bertz CT molecular complexity index is 882. The Morgan fingerprint density at radius 3 is 1.87 bits per heavy atom. The zero-order chi connectivity index (χ0) is 16.0. The summed E-state index contributed by atoms with van der Waals surface area (Å²) in [5.41, 5.74) is 3.15. The lowest BCUT2D eigenvalue weighted by atomic mass is 9.72. The highest BCUT2D eigenvalue weighted by Gasteiger charge is 2.35. The second kappa shape index (κ2) is 4.99. The molecule has 23 heavy (non-hydrogen) atoms. The molecule has 2 aliphatic carbocycles. The average Bonchev–Trinajstić information content (AvgIpc) is 2.58. The minimum absolute atomic E-state index is 0.0434. The SMILES string of the molecule is O=C1C=CC(=O)C(C2c3ccccc3C(=O)c3ccccc32)=C1. The number of hydrogen-bond acceptors (Lipinski definition) is 3. The zero-order valence-corrected chi connectivity index (χ0v) is 12.2. The molecular weight excluding hydrogens is 288 g/mol. The molecular formula is C20H12O3. The van der Waals surface area contributed by atoms with E-state index in [2.05, 4.69) is 0 Å². The van der Waals surface area contributed by atoms with Gasteiger partial charge < -0.3 is 0 Å². The topological polar surface area (TPSA) is 51.2 Å². The van der Waals surface area contributed by atoms with Crippen LogP contribution in [0.1, 0.15) is 33.0 Å². The van der Waals surface area contributed by atoms with Gasteiger partial charge in [-0.1, -0.05) is 48.5 Å². The van der Waals surface area contributed by atoms with Crippen molar-refractivity contribution in [3.05, 3.63) is 94.6 Å². The third kappa shape index (κ3) is 2.01. The van der Waals surface area contributed by atoms with Crippen molar-refractivity contribution in [3.63, 3.8) is 0 Å². The molecule has 0 heterocycles. The minimum Gasteiger partial charge on any atom is -0.290 e. The summed E-state index contributed by atoms with van der Waals surface area (Å²) in [5, 5.41) is 0. The number of carbonyl (C=O) groups is 3. The molecule has 2 aromatic carbocycles. The van der Waals surface area contributed by atoms with Crippen LogP contribution in [0.25, 0.3) is 0 Å². The van der Waals surface area contributed by atoms with E-state index in [-0.39, 0.29) is 23.3 Å². The first-order chi connectivity index (χ1) is 11.2. The predicted molar refractivity (Wildman–Crippen MR) is 85.4 cm³/mol. The van der Waals surface area contributed by atoms with Crippen LogP contribution >= 0.6 is 0 Å². The molecule has 0 radical (unpaired) electrons. The average molecular weight is 300 g/mol. The number of rotatable bonds is 1. The number of allylic oxidation sites excluding steroid dienone is 4. The second-order valence-corrected chi connectivity index (χ2v) is 5.64. The maximum Gasteiger partial charge on any atom is 0.193 e. The van der Waals surface area contributed by atoms with E-state index >= 15 is 0 Å². The van der Waals surface area contributed by atoms with Gasteiger partial charge in [-0.15, -0.1) is 0 Å². The van der Waals surface area contributed by atoms with Crippen LogP contribution in [0.15, 0.2) is 72.3 Å². The molecule has 0 N–H and O–H groups in total. The molecule has 0 spiro atoms. The van der Waals surface area contributed by atoms with Crippen molar-refractivity contribution in [1.82, 2.24) is 0 Å². The van der Waals surface area contributed by atoms with E-state index in [1.165, 1.54) is 18.2 Å². The molecule has 4 rings (SSSR count). The number of fused-ring (bicyclic) bond motifs is 2. The Kier molecular flexibility index (Phi) is 2.95. The van der Waals surface area contributed by atoms with Crippen LogP contribution in [0.4, 0.5) is 0 Å². The van der Waals surface area contributed by atoms with Crippen LogP contribution in [0, 0.1) is 0 Å². The van der Waals surface area contributed by atoms with E-state index in [0.717, 1.165) is 11.1 Å². The molecule has 2 aliphatic rings. The van der Waals surface area contributed by atoms with Crippen molar-refractivity contribution in [3.8, 4) is 0 Å². The normalized spacial score (nSPS) is 16.9.